The van der Waals surface area contributed by atoms with E-state index in [2.05, 4.69) is 47.8 Å². The Morgan fingerprint density at radius 2 is 1.00 bits per heavy atom. The third-order valence-electron chi connectivity index (χ3n) is 0. The second-order valence-corrected chi connectivity index (χ2v) is 6.68. The fourth-order valence-corrected chi connectivity index (χ4v) is 0. The molecule has 0 aliphatic carbocycles. The normalized spacial score (nSPS) is 7.20. The van der Waals surface area contributed by atoms with Gasteiger partial charge in [-0.05, 0) is 0 Å². The average Bonchev–Trinajstić information content (AvgIpc) is 0.811. The summed E-state index contributed by atoms with van der Waals surface area (Å²) in [7, 11) is 0. The van der Waals surface area contributed by atoms with Gasteiger partial charge in [0.05, 0.1) is 0 Å². The van der Waals surface area contributed by atoms with E-state index in [1.807, 2.05) is 0 Å². The molecule has 0 aromatic rings. The van der Waals surface area contributed by atoms with Crippen LogP contribution in [0.3, 0.4) is 0 Å². The number of halogens is 3. The summed E-state index contributed by atoms with van der Waals surface area (Å²) in [5.41, 5.74) is 0. The summed E-state index contributed by atoms with van der Waals surface area (Å²) in [5, 5.41) is 0. The van der Waals surface area contributed by atoms with E-state index < -0.39 is 0 Å². The molecule has 0 aromatic heterocycles. The predicted octanol–water partition coefficient (Wildman–Crippen LogP) is 2.07. The maximum absolute atomic E-state index is 3.10. The van der Waals surface area contributed by atoms with Crippen LogP contribution in [0, 0.1) is 0 Å². The molecular formula is CHBr3Tl. The van der Waals surface area contributed by atoms with Gasteiger partial charge >= 0.3 is 0 Å². The minimum absolute atomic E-state index is 0. The van der Waals surface area contributed by atoms with E-state index >= 15 is 0 Å². The van der Waals surface area contributed by atoms with Gasteiger partial charge in [0.15, 0.2) is 0 Å². The summed E-state index contributed by atoms with van der Waals surface area (Å²) in [6, 6.07) is 0. The van der Waals surface area contributed by atoms with Gasteiger partial charge in [-0.25, -0.2) is 0 Å². The molecule has 0 saturated heterocycles. The van der Waals surface area contributed by atoms with Crippen LogP contribution in [0.15, 0.2) is 0 Å². The molecule has 0 heterocycles. The van der Waals surface area contributed by atoms with Crippen LogP contribution in [0.2, 0.25) is 0 Å². The van der Waals surface area contributed by atoms with Crippen molar-refractivity contribution in [2.24, 2.45) is 0 Å². The Bertz CT molecular complexity index is 11.6. The zero-order chi connectivity index (χ0) is 3.58. The maximum Gasteiger partial charge on any atom is 0.124 e. The van der Waals surface area contributed by atoms with Crippen molar-refractivity contribution in [2.45, 2.75) is 2.65 Å². The van der Waals surface area contributed by atoms with E-state index in [1.54, 1.807) is 0 Å². The maximum atomic E-state index is 3.10. The number of alkyl halides is 3. The Morgan fingerprint density at radius 1 is 1.00 bits per heavy atom. The van der Waals surface area contributed by atoms with E-state index in [0.717, 1.165) is 0 Å². The fraction of sp³-hybridized carbons (Fsp3) is 1.00. The van der Waals surface area contributed by atoms with Gasteiger partial charge in [-0.15, -0.1) is 0 Å². The molecule has 0 amide bonds. The quantitative estimate of drug-likeness (QED) is 0.386. The second kappa shape index (κ2) is 6.36. The van der Waals surface area contributed by atoms with Gasteiger partial charge in [0, 0.05) is 27.3 Å². The first kappa shape index (κ1) is 10.4. The average molecular weight is 457 g/mol. The molecule has 29 valence electrons. The van der Waals surface area contributed by atoms with Crippen LogP contribution in [0.1, 0.15) is 0 Å². The molecular weight excluding hydrogens is 456 g/mol. The van der Waals surface area contributed by atoms with Crippen molar-refractivity contribution in [3.8, 4) is 0 Å². The third-order valence-corrected chi connectivity index (χ3v) is 0. The smallest absolute Gasteiger partial charge is 0.0637 e. The van der Waals surface area contributed by atoms with Gasteiger partial charge in [-0.3, -0.25) is 0 Å². The molecule has 0 aliphatic rings. The molecule has 5 heavy (non-hydrogen) atoms. The Hall–Kier alpha value is 2.36. The van der Waals surface area contributed by atoms with Gasteiger partial charge < -0.3 is 0 Å². The molecule has 4 heteroatoms. The summed E-state index contributed by atoms with van der Waals surface area (Å²) in [4.78, 5) is 0. The van der Waals surface area contributed by atoms with Gasteiger partial charge in [0.2, 0.25) is 0 Å². The minimum Gasteiger partial charge on any atom is -0.0637 e. The fourth-order valence-electron chi connectivity index (χ4n) is 0. The number of rotatable bonds is 0. The van der Waals surface area contributed by atoms with Crippen LogP contribution in [-0.2, 0) is 0 Å². The Balaban J connectivity index is 0. The van der Waals surface area contributed by atoms with Gasteiger partial charge in [-0.2, -0.15) is 0 Å². The summed E-state index contributed by atoms with van der Waals surface area (Å²) < 4.78 is 0.271. The topological polar surface area (TPSA) is 0 Å². The summed E-state index contributed by atoms with van der Waals surface area (Å²) >= 11 is 9.31. The largest absolute Gasteiger partial charge is 0.124 e. The predicted molar refractivity (Wildman–Crippen MR) is 36.3 cm³/mol. The first-order valence-corrected chi connectivity index (χ1v) is 3.40. The van der Waals surface area contributed by atoms with Crippen molar-refractivity contribution < 1.29 is 0 Å². The van der Waals surface area contributed by atoms with Crippen molar-refractivity contribution >= 4 is 75.1 Å². The molecule has 0 spiro atoms. The molecule has 0 bridgehead atoms. The Morgan fingerprint density at radius 3 is 1.00 bits per heavy atom. The van der Waals surface area contributed by atoms with Crippen molar-refractivity contribution in [1.82, 2.24) is 0 Å². The van der Waals surface area contributed by atoms with Crippen molar-refractivity contribution in [3.63, 3.8) is 0 Å². The van der Waals surface area contributed by atoms with E-state index in [9.17, 15) is 0 Å². The van der Waals surface area contributed by atoms with E-state index in [-0.39, 0.29) is 29.9 Å². The molecule has 0 nitrogen and oxygen atoms in total. The summed E-state index contributed by atoms with van der Waals surface area (Å²) in [5.74, 6) is 0. The Kier molecular flexibility index (Phi) is 13.2. The number of hydrogen-bond acceptors (Lipinski definition) is 0. The molecule has 0 saturated carbocycles. The van der Waals surface area contributed by atoms with Gasteiger partial charge in [0.1, 0.15) is 2.65 Å². The van der Waals surface area contributed by atoms with Crippen LogP contribution in [0.5, 0.6) is 0 Å². The van der Waals surface area contributed by atoms with Crippen LogP contribution in [-0.4, -0.2) is 29.9 Å². The van der Waals surface area contributed by atoms with Crippen molar-refractivity contribution in [1.29, 1.82) is 0 Å². The third kappa shape index (κ3) is 21.7. The van der Waals surface area contributed by atoms with E-state index in [1.165, 1.54) is 0 Å². The molecule has 0 N–H and O–H groups in total. The van der Waals surface area contributed by atoms with Crippen molar-refractivity contribution in [3.05, 3.63) is 0 Å². The standard InChI is InChI=1S/CHBr3.Tl/c2-1(3)4;/h1H;. The van der Waals surface area contributed by atoms with Crippen LogP contribution < -0.4 is 0 Å². The molecule has 0 fully saturated rings. The molecule has 0 aromatic carbocycles. The number of hydrogen-bond donors (Lipinski definition) is 0. The van der Waals surface area contributed by atoms with Crippen LogP contribution in [0.4, 0.5) is 0 Å². The first-order valence-electron chi connectivity index (χ1n) is 0.655. The van der Waals surface area contributed by atoms with Crippen molar-refractivity contribution in [2.75, 3.05) is 0 Å². The SMILES string of the molecule is BrC(Br)Br.[Tl]. The zero-order valence-corrected chi connectivity index (χ0v) is 11.5. The molecule has 0 atom stereocenters. The van der Waals surface area contributed by atoms with Crippen LogP contribution >= 0.6 is 47.8 Å². The Labute approximate surface area is 76.6 Å². The molecule has 1 radical (unpaired) electrons. The molecule has 0 rings (SSSR count). The second-order valence-electron chi connectivity index (χ2n) is 0.247. The molecule has 0 unspecified atom stereocenters. The molecule has 0 aliphatic heterocycles. The van der Waals surface area contributed by atoms with E-state index in [0.29, 0.717) is 0 Å². The van der Waals surface area contributed by atoms with Gasteiger partial charge in [-0.1, -0.05) is 47.8 Å². The summed E-state index contributed by atoms with van der Waals surface area (Å²) in [6.07, 6.45) is 0. The van der Waals surface area contributed by atoms with Crippen LogP contribution in [0.25, 0.3) is 0 Å². The van der Waals surface area contributed by atoms with E-state index in [4.69, 9.17) is 0 Å². The summed E-state index contributed by atoms with van der Waals surface area (Å²) in [6.45, 7) is 0. The monoisotopic (exact) mass is 455 g/mol. The minimum atomic E-state index is 0. The van der Waals surface area contributed by atoms with Gasteiger partial charge in [0.25, 0.3) is 0 Å². The first-order chi connectivity index (χ1) is 1.73. The zero-order valence-electron chi connectivity index (χ0n) is 2.29.